The Bertz CT molecular complexity index is 950. The largest absolute Gasteiger partial charge is 0.416 e. The fourth-order valence-electron chi connectivity index (χ4n) is 2.97. The van der Waals surface area contributed by atoms with Crippen molar-refractivity contribution < 1.29 is 18.0 Å². The van der Waals surface area contributed by atoms with Crippen LogP contribution in [0.4, 0.5) is 24.5 Å². The van der Waals surface area contributed by atoms with E-state index in [-0.39, 0.29) is 11.8 Å². The molecule has 166 valence electrons. The number of likely N-dealkylation sites (N-methyl/N-ethyl adjacent to an activating group) is 1. The SMILES string of the molecule is C=N/C(=C\N(C)C)c1cc(C(C)C(=O)NCC)ccc1Nc1ccc(C(F)(F)F)cc1. The molecular formula is C23H27F3N4O. The number of carbonyl (C=O) groups excluding carboxylic acids is 1. The highest BCUT2D eigenvalue weighted by atomic mass is 19.4. The summed E-state index contributed by atoms with van der Waals surface area (Å²) in [6.45, 7) is 7.83. The molecule has 5 nitrogen and oxygen atoms in total. The van der Waals surface area contributed by atoms with Crippen LogP contribution < -0.4 is 10.6 Å². The Morgan fingerprint density at radius 1 is 1.19 bits per heavy atom. The third kappa shape index (κ3) is 6.34. The molecule has 0 heterocycles. The van der Waals surface area contributed by atoms with Gasteiger partial charge in [0.05, 0.1) is 17.2 Å². The van der Waals surface area contributed by atoms with Gasteiger partial charge < -0.3 is 15.5 Å². The molecule has 8 heteroatoms. The second-order valence-electron chi connectivity index (χ2n) is 7.26. The van der Waals surface area contributed by atoms with Crippen molar-refractivity contribution in [3.05, 3.63) is 65.4 Å². The Labute approximate surface area is 180 Å². The lowest BCUT2D eigenvalue weighted by atomic mass is 9.96. The molecule has 0 aliphatic rings. The minimum absolute atomic E-state index is 0.0957. The van der Waals surface area contributed by atoms with E-state index in [9.17, 15) is 18.0 Å². The second kappa shape index (κ2) is 10.1. The zero-order chi connectivity index (χ0) is 23.2. The summed E-state index contributed by atoms with van der Waals surface area (Å²) in [5, 5.41) is 5.95. The predicted octanol–water partition coefficient (Wildman–Crippen LogP) is 5.25. The molecule has 2 aromatic carbocycles. The molecule has 2 rings (SSSR count). The Hall–Kier alpha value is -3.29. The number of carbonyl (C=O) groups is 1. The van der Waals surface area contributed by atoms with E-state index in [1.165, 1.54) is 12.1 Å². The number of nitrogens with one attached hydrogen (secondary N) is 2. The van der Waals surface area contributed by atoms with Crippen molar-refractivity contribution in [1.29, 1.82) is 0 Å². The molecule has 1 atom stereocenters. The van der Waals surface area contributed by atoms with Crippen molar-refractivity contribution in [2.45, 2.75) is 25.9 Å². The number of aliphatic imine (C=N–C) groups is 1. The number of halogens is 3. The van der Waals surface area contributed by atoms with E-state index in [0.717, 1.165) is 17.7 Å². The van der Waals surface area contributed by atoms with Crippen molar-refractivity contribution in [2.75, 3.05) is 26.0 Å². The molecule has 0 aliphatic heterocycles. The smallest absolute Gasteiger partial charge is 0.382 e. The second-order valence-corrected chi connectivity index (χ2v) is 7.26. The number of nitrogens with zero attached hydrogens (tertiary/aromatic N) is 2. The summed E-state index contributed by atoms with van der Waals surface area (Å²) in [7, 11) is 3.69. The topological polar surface area (TPSA) is 56.7 Å². The zero-order valence-corrected chi connectivity index (χ0v) is 18.0. The van der Waals surface area contributed by atoms with Crippen LogP contribution in [-0.2, 0) is 11.0 Å². The maximum absolute atomic E-state index is 12.8. The molecule has 2 aromatic rings. The summed E-state index contributed by atoms with van der Waals surface area (Å²) in [6, 6.07) is 10.2. The van der Waals surface area contributed by atoms with Gasteiger partial charge in [-0.05, 0) is 62.5 Å². The molecule has 2 N–H and O–H groups in total. The molecule has 0 saturated heterocycles. The summed E-state index contributed by atoms with van der Waals surface area (Å²) in [6.07, 6.45) is -2.62. The van der Waals surface area contributed by atoms with E-state index in [0.29, 0.717) is 29.2 Å². The first-order valence-electron chi connectivity index (χ1n) is 9.78. The average Bonchev–Trinajstić information content (AvgIpc) is 2.71. The Balaban J connectivity index is 2.48. The van der Waals surface area contributed by atoms with Crippen LogP contribution in [0.1, 0.15) is 36.5 Å². The van der Waals surface area contributed by atoms with Gasteiger partial charge in [0.1, 0.15) is 0 Å². The first-order chi connectivity index (χ1) is 14.6. The summed E-state index contributed by atoms with van der Waals surface area (Å²) in [4.78, 5) is 18.2. The first-order valence-corrected chi connectivity index (χ1v) is 9.78. The highest BCUT2D eigenvalue weighted by Gasteiger charge is 2.30. The van der Waals surface area contributed by atoms with Crippen LogP contribution in [0, 0.1) is 0 Å². The average molecular weight is 432 g/mol. The maximum Gasteiger partial charge on any atom is 0.416 e. The van der Waals surface area contributed by atoms with Gasteiger partial charge >= 0.3 is 6.18 Å². The summed E-state index contributed by atoms with van der Waals surface area (Å²) < 4.78 is 38.5. The molecule has 0 radical (unpaired) electrons. The number of alkyl halides is 3. The van der Waals surface area contributed by atoms with Crippen LogP contribution in [0.3, 0.4) is 0 Å². The first kappa shape index (κ1) is 24.0. The Morgan fingerprint density at radius 3 is 2.35 bits per heavy atom. The monoisotopic (exact) mass is 432 g/mol. The molecule has 1 unspecified atom stereocenters. The standard InChI is InChI=1S/C23H27F3N4O/c1-6-28-22(31)15(2)16-7-12-20(19(13-16)21(27-3)14-30(4)5)29-18-10-8-17(9-11-18)23(24,25)26/h7-15,29H,3,6H2,1-2,4-5H3,(H,28,31)/b21-14-. The van der Waals surface area contributed by atoms with Crippen molar-refractivity contribution in [3.8, 4) is 0 Å². The molecule has 0 bridgehead atoms. The minimum Gasteiger partial charge on any atom is -0.382 e. The van der Waals surface area contributed by atoms with E-state index in [2.05, 4.69) is 22.3 Å². The van der Waals surface area contributed by atoms with Gasteiger partial charge in [0, 0.05) is 43.8 Å². The Morgan fingerprint density at radius 2 is 1.84 bits per heavy atom. The van der Waals surface area contributed by atoms with Crippen molar-refractivity contribution >= 4 is 29.7 Å². The third-order valence-electron chi connectivity index (χ3n) is 4.61. The number of amides is 1. The number of rotatable bonds is 8. The highest BCUT2D eigenvalue weighted by Crippen LogP contribution is 2.33. The number of anilines is 2. The normalized spacial score (nSPS) is 12.8. The van der Waals surface area contributed by atoms with Gasteiger partial charge in [0.25, 0.3) is 0 Å². The van der Waals surface area contributed by atoms with Gasteiger partial charge in [0.15, 0.2) is 0 Å². The fourth-order valence-corrected chi connectivity index (χ4v) is 2.97. The summed E-state index contributed by atoms with van der Waals surface area (Å²) in [5.74, 6) is -0.481. The minimum atomic E-state index is -4.39. The van der Waals surface area contributed by atoms with Gasteiger partial charge in [-0.1, -0.05) is 6.07 Å². The molecule has 0 saturated carbocycles. The third-order valence-corrected chi connectivity index (χ3v) is 4.61. The van der Waals surface area contributed by atoms with Gasteiger partial charge in [-0.3, -0.25) is 9.79 Å². The number of hydrogen-bond donors (Lipinski definition) is 2. The lowest BCUT2D eigenvalue weighted by molar-refractivity contribution is -0.137. The van der Waals surface area contributed by atoms with Crippen LogP contribution >= 0.6 is 0 Å². The van der Waals surface area contributed by atoms with Gasteiger partial charge in [-0.15, -0.1) is 0 Å². The Kier molecular flexibility index (Phi) is 7.85. The van der Waals surface area contributed by atoms with Crippen LogP contribution in [0.2, 0.25) is 0 Å². The van der Waals surface area contributed by atoms with E-state index in [4.69, 9.17) is 0 Å². The van der Waals surface area contributed by atoms with E-state index in [1.54, 1.807) is 12.3 Å². The van der Waals surface area contributed by atoms with Crippen LogP contribution in [-0.4, -0.2) is 38.2 Å². The van der Waals surface area contributed by atoms with Crippen molar-refractivity contribution in [3.63, 3.8) is 0 Å². The van der Waals surface area contributed by atoms with Crippen molar-refractivity contribution in [1.82, 2.24) is 10.2 Å². The molecule has 0 fully saturated rings. The molecule has 31 heavy (non-hydrogen) atoms. The fraction of sp³-hybridized carbons (Fsp3) is 0.304. The number of benzene rings is 2. The van der Waals surface area contributed by atoms with Crippen LogP contribution in [0.5, 0.6) is 0 Å². The molecule has 0 aromatic heterocycles. The van der Waals surface area contributed by atoms with E-state index in [1.807, 2.05) is 45.0 Å². The maximum atomic E-state index is 12.8. The molecule has 0 spiro atoms. The van der Waals surface area contributed by atoms with Crippen molar-refractivity contribution in [2.24, 2.45) is 4.99 Å². The highest BCUT2D eigenvalue weighted by molar-refractivity contribution is 5.85. The number of hydrogen-bond acceptors (Lipinski definition) is 4. The molecule has 1 amide bonds. The van der Waals surface area contributed by atoms with Crippen LogP contribution in [0.15, 0.2) is 53.7 Å². The lowest BCUT2D eigenvalue weighted by Crippen LogP contribution is -2.27. The van der Waals surface area contributed by atoms with Gasteiger partial charge in [-0.25, -0.2) is 0 Å². The quantitative estimate of drug-likeness (QED) is 0.560. The summed E-state index contributed by atoms with van der Waals surface area (Å²) in [5.41, 5.74) is 2.43. The summed E-state index contributed by atoms with van der Waals surface area (Å²) >= 11 is 0. The van der Waals surface area contributed by atoms with E-state index < -0.39 is 11.7 Å². The molecule has 0 aliphatic carbocycles. The van der Waals surface area contributed by atoms with E-state index >= 15 is 0 Å². The van der Waals surface area contributed by atoms with Crippen LogP contribution in [0.25, 0.3) is 5.70 Å². The van der Waals surface area contributed by atoms with Gasteiger partial charge in [-0.2, -0.15) is 13.2 Å². The zero-order valence-electron chi connectivity index (χ0n) is 18.0. The lowest BCUT2D eigenvalue weighted by Gasteiger charge is -2.18. The molecular weight excluding hydrogens is 405 g/mol. The predicted molar refractivity (Wildman–Crippen MR) is 119 cm³/mol. The van der Waals surface area contributed by atoms with Gasteiger partial charge in [0.2, 0.25) is 5.91 Å².